The highest BCUT2D eigenvalue weighted by Gasteiger charge is 2.26. The smallest absolute Gasteiger partial charge is 0.161 e. The summed E-state index contributed by atoms with van der Waals surface area (Å²) < 4.78 is 0. The Bertz CT molecular complexity index is 564. The summed E-state index contributed by atoms with van der Waals surface area (Å²) >= 11 is 0. The minimum absolute atomic E-state index is 0.231. The summed E-state index contributed by atoms with van der Waals surface area (Å²) in [6.45, 7) is 0. The Hall–Kier alpha value is -2.14. The molecule has 92 valence electrons. The first-order valence-corrected chi connectivity index (χ1v) is 5.91. The molecule has 0 radical (unpaired) electrons. The van der Waals surface area contributed by atoms with Crippen molar-refractivity contribution >= 4 is 5.82 Å². The molecule has 1 heterocycles. The predicted octanol–water partition coefficient (Wildman–Crippen LogP) is 2.01. The zero-order valence-electron chi connectivity index (χ0n) is 9.80. The van der Waals surface area contributed by atoms with Crippen LogP contribution in [0.5, 0.6) is 5.75 Å². The molecule has 0 bridgehead atoms. The Labute approximate surface area is 105 Å². The SMILES string of the molecule is NNc1cc(C2CC2)nc(-c2ccc(O)cc2)n1. The van der Waals surface area contributed by atoms with Crippen LogP contribution in [0.1, 0.15) is 24.5 Å². The summed E-state index contributed by atoms with van der Waals surface area (Å²) in [6.07, 6.45) is 2.35. The van der Waals surface area contributed by atoms with Gasteiger partial charge >= 0.3 is 0 Å². The van der Waals surface area contributed by atoms with Crippen LogP contribution in [0, 0.1) is 0 Å². The molecule has 1 aromatic carbocycles. The van der Waals surface area contributed by atoms with Crippen molar-refractivity contribution in [2.75, 3.05) is 5.43 Å². The number of aromatic nitrogens is 2. The van der Waals surface area contributed by atoms with Gasteiger partial charge in [-0.3, -0.25) is 0 Å². The molecule has 0 aliphatic heterocycles. The third kappa shape index (κ3) is 2.12. The first-order chi connectivity index (χ1) is 8.76. The van der Waals surface area contributed by atoms with Crippen LogP contribution in [0.4, 0.5) is 5.82 Å². The van der Waals surface area contributed by atoms with Crippen LogP contribution >= 0.6 is 0 Å². The number of phenols is 1. The van der Waals surface area contributed by atoms with Gasteiger partial charge in [-0.2, -0.15) is 0 Å². The van der Waals surface area contributed by atoms with Crippen molar-refractivity contribution in [3.63, 3.8) is 0 Å². The quantitative estimate of drug-likeness (QED) is 0.566. The Morgan fingerprint density at radius 1 is 1.17 bits per heavy atom. The van der Waals surface area contributed by atoms with Crippen LogP contribution in [0.3, 0.4) is 0 Å². The second-order valence-corrected chi connectivity index (χ2v) is 4.47. The molecule has 0 saturated heterocycles. The van der Waals surface area contributed by atoms with Crippen molar-refractivity contribution in [3.8, 4) is 17.1 Å². The van der Waals surface area contributed by atoms with Crippen molar-refractivity contribution in [1.82, 2.24) is 9.97 Å². The molecular weight excluding hydrogens is 228 g/mol. The number of nitrogens with one attached hydrogen (secondary N) is 1. The third-order valence-electron chi connectivity index (χ3n) is 3.01. The Kier molecular flexibility index (Phi) is 2.60. The number of hydrazine groups is 1. The molecule has 1 aromatic heterocycles. The minimum atomic E-state index is 0.231. The maximum Gasteiger partial charge on any atom is 0.161 e. The van der Waals surface area contributed by atoms with Crippen molar-refractivity contribution in [1.29, 1.82) is 0 Å². The van der Waals surface area contributed by atoms with Crippen LogP contribution in [0.2, 0.25) is 0 Å². The molecule has 5 nitrogen and oxygen atoms in total. The normalized spacial score (nSPS) is 14.5. The number of rotatable bonds is 3. The average molecular weight is 242 g/mol. The fourth-order valence-electron chi connectivity index (χ4n) is 1.87. The number of aromatic hydroxyl groups is 1. The van der Waals surface area contributed by atoms with Gasteiger partial charge in [0, 0.05) is 23.2 Å². The highest BCUT2D eigenvalue weighted by Crippen LogP contribution is 2.40. The molecule has 2 aromatic rings. The Morgan fingerprint density at radius 2 is 1.89 bits per heavy atom. The van der Waals surface area contributed by atoms with Crippen LogP contribution in [0.15, 0.2) is 30.3 Å². The standard InChI is InChI=1S/C13H14N4O/c14-17-12-7-11(8-1-2-8)15-13(16-12)9-3-5-10(18)6-4-9/h3-8,18H,1-2,14H2,(H,15,16,17). The molecule has 5 heteroatoms. The fraction of sp³-hybridized carbons (Fsp3) is 0.231. The van der Waals surface area contributed by atoms with Gasteiger partial charge in [-0.05, 0) is 37.1 Å². The monoisotopic (exact) mass is 242 g/mol. The lowest BCUT2D eigenvalue weighted by Crippen LogP contribution is -2.10. The van der Waals surface area contributed by atoms with E-state index in [0.29, 0.717) is 17.6 Å². The van der Waals surface area contributed by atoms with E-state index in [-0.39, 0.29) is 5.75 Å². The van der Waals surface area contributed by atoms with E-state index in [1.165, 1.54) is 12.8 Å². The lowest BCUT2D eigenvalue weighted by Gasteiger charge is -2.07. The first kappa shape index (κ1) is 11.0. The number of nitrogen functional groups attached to an aromatic ring is 1. The topological polar surface area (TPSA) is 84.1 Å². The van der Waals surface area contributed by atoms with Gasteiger partial charge in [-0.15, -0.1) is 0 Å². The van der Waals surface area contributed by atoms with E-state index in [2.05, 4.69) is 15.4 Å². The number of nitrogens with two attached hydrogens (primary N) is 1. The lowest BCUT2D eigenvalue weighted by molar-refractivity contribution is 0.475. The van der Waals surface area contributed by atoms with Gasteiger partial charge in [0.1, 0.15) is 11.6 Å². The minimum Gasteiger partial charge on any atom is -0.508 e. The molecule has 0 spiro atoms. The maximum absolute atomic E-state index is 9.28. The van der Waals surface area contributed by atoms with Crippen molar-refractivity contribution in [3.05, 3.63) is 36.0 Å². The van der Waals surface area contributed by atoms with E-state index in [9.17, 15) is 5.11 Å². The van der Waals surface area contributed by atoms with Crippen LogP contribution < -0.4 is 11.3 Å². The lowest BCUT2D eigenvalue weighted by atomic mass is 10.2. The maximum atomic E-state index is 9.28. The van der Waals surface area contributed by atoms with Crippen molar-refractivity contribution < 1.29 is 5.11 Å². The van der Waals surface area contributed by atoms with Crippen molar-refractivity contribution in [2.24, 2.45) is 5.84 Å². The Morgan fingerprint density at radius 3 is 2.50 bits per heavy atom. The summed E-state index contributed by atoms with van der Waals surface area (Å²) in [5, 5.41) is 9.28. The van der Waals surface area contributed by atoms with Gasteiger partial charge in [0.05, 0.1) is 0 Å². The van der Waals surface area contributed by atoms with E-state index in [1.54, 1.807) is 24.3 Å². The number of hydrogen-bond donors (Lipinski definition) is 3. The molecule has 1 aliphatic carbocycles. The van der Waals surface area contributed by atoms with E-state index < -0.39 is 0 Å². The molecule has 0 atom stereocenters. The summed E-state index contributed by atoms with van der Waals surface area (Å²) in [5.74, 6) is 7.45. The molecular formula is C13H14N4O. The molecule has 4 N–H and O–H groups in total. The summed E-state index contributed by atoms with van der Waals surface area (Å²) in [5.41, 5.74) is 4.47. The van der Waals surface area contributed by atoms with Crippen LogP contribution in [0.25, 0.3) is 11.4 Å². The third-order valence-corrected chi connectivity index (χ3v) is 3.01. The summed E-state index contributed by atoms with van der Waals surface area (Å²) in [4.78, 5) is 8.89. The van der Waals surface area contributed by atoms with E-state index in [0.717, 1.165) is 11.3 Å². The van der Waals surface area contributed by atoms with Gasteiger partial charge in [0.15, 0.2) is 5.82 Å². The zero-order valence-corrected chi connectivity index (χ0v) is 9.80. The van der Waals surface area contributed by atoms with E-state index in [4.69, 9.17) is 5.84 Å². The van der Waals surface area contributed by atoms with Gasteiger partial charge in [0.25, 0.3) is 0 Å². The number of anilines is 1. The number of hydrogen-bond acceptors (Lipinski definition) is 5. The summed E-state index contributed by atoms with van der Waals surface area (Å²) in [7, 11) is 0. The first-order valence-electron chi connectivity index (χ1n) is 5.91. The van der Waals surface area contributed by atoms with Gasteiger partial charge in [-0.1, -0.05) is 0 Å². The number of benzene rings is 1. The number of nitrogens with zero attached hydrogens (tertiary/aromatic N) is 2. The predicted molar refractivity (Wildman–Crippen MR) is 68.9 cm³/mol. The average Bonchev–Trinajstić information content (AvgIpc) is 3.23. The molecule has 1 saturated carbocycles. The van der Waals surface area contributed by atoms with Crippen LogP contribution in [-0.4, -0.2) is 15.1 Å². The molecule has 18 heavy (non-hydrogen) atoms. The molecule has 3 rings (SSSR count). The fourth-order valence-corrected chi connectivity index (χ4v) is 1.87. The molecule has 0 amide bonds. The number of phenolic OH excluding ortho intramolecular Hbond substituents is 1. The highest BCUT2D eigenvalue weighted by molar-refractivity contribution is 5.58. The van der Waals surface area contributed by atoms with Gasteiger partial charge in [-0.25, -0.2) is 15.8 Å². The molecule has 0 unspecified atom stereocenters. The molecule has 1 aliphatic rings. The summed E-state index contributed by atoms with van der Waals surface area (Å²) in [6, 6.07) is 8.72. The van der Waals surface area contributed by atoms with Gasteiger partial charge in [0.2, 0.25) is 0 Å². The van der Waals surface area contributed by atoms with E-state index >= 15 is 0 Å². The second-order valence-electron chi connectivity index (χ2n) is 4.47. The van der Waals surface area contributed by atoms with Crippen LogP contribution in [-0.2, 0) is 0 Å². The highest BCUT2D eigenvalue weighted by atomic mass is 16.3. The largest absolute Gasteiger partial charge is 0.508 e. The Balaban J connectivity index is 2.04. The second kappa shape index (κ2) is 4.27. The van der Waals surface area contributed by atoms with Crippen molar-refractivity contribution in [2.45, 2.75) is 18.8 Å². The zero-order chi connectivity index (χ0) is 12.5. The van der Waals surface area contributed by atoms with E-state index in [1.807, 2.05) is 6.07 Å². The molecule has 1 fully saturated rings. The van der Waals surface area contributed by atoms with Gasteiger partial charge < -0.3 is 10.5 Å².